The van der Waals surface area contributed by atoms with E-state index in [9.17, 15) is 4.79 Å². The molecule has 3 rings (SSSR count). The second-order valence-electron chi connectivity index (χ2n) is 5.79. The number of anilines is 1. The van der Waals surface area contributed by atoms with Gasteiger partial charge in [0, 0.05) is 37.9 Å². The summed E-state index contributed by atoms with van der Waals surface area (Å²) in [5, 5.41) is 14.4. The highest BCUT2D eigenvalue weighted by Gasteiger charge is 2.21. The molecule has 2 N–H and O–H groups in total. The minimum Gasteiger partial charge on any atom is -0.360 e. The number of fused-ring (bicyclic) bond motifs is 1. The quantitative estimate of drug-likeness (QED) is 0.827. The fraction of sp³-hybridized carbons (Fsp3) is 0.600. The Kier molecular flexibility index (Phi) is 4.71. The van der Waals surface area contributed by atoms with Crippen LogP contribution in [0.4, 0.5) is 5.82 Å². The summed E-state index contributed by atoms with van der Waals surface area (Å²) in [5.74, 6) is 3.04. The Balaban J connectivity index is 1.41. The van der Waals surface area contributed by atoms with Gasteiger partial charge in [-0.15, -0.1) is 0 Å². The number of carbonyl (C=O) groups is 1. The summed E-state index contributed by atoms with van der Waals surface area (Å²) < 4.78 is 6.90. The third kappa shape index (κ3) is 3.95. The Bertz CT molecular complexity index is 677. The largest absolute Gasteiger partial charge is 0.360 e. The number of nitrogens with one attached hydrogen (secondary N) is 2. The zero-order chi connectivity index (χ0) is 16.2. The van der Waals surface area contributed by atoms with Gasteiger partial charge in [-0.3, -0.25) is 4.79 Å². The van der Waals surface area contributed by atoms with Gasteiger partial charge in [0.05, 0.1) is 6.54 Å². The van der Waals surface area contributed by atoms with Crippen LogP contribution in [-0.2, 0) is 24.2 Å². The van der Waals surface area contributed by atoms with Crippen LogP contribution in [0.1, 0.15) is 37.2 Å². The minimum atomic E-state index is -0.0728. The maximum atomic E-state index is 11.8. The molecule has 3 heterocycles. The van der Waals surface area contributed by atoms with Gasteiger partial charge in [-0.1, -0.05) is 12.1 Å². The van der Waals surface area contributed by atoms with Crippen molar-refractivity contribution in [2.75, 3.05) is 11.9 Å². The van der Waals surface area contributed by atoms with E-state index in [-0.39, 0.29) is 5.91 Å². The number of amides is 1. The fourth-order valence-electron chi connectivity index (χ4n) is 2.70. The molecule has 8 nitrogen and oxygen atoms in total. The van der Waals surface area contributed by atoms with Crippen LogP contribution in [0.3, 0.4) is 0 Å². The fourth-order valence-corrected chi connectivity index (χ4v) is 2.70. The molecule has 0 spiro atoms. The molecule has 0 saturated heterocycles. The van der Waals surface area contributed by atoms with Gasteiger partial charge in [-0.25, -0.2) is 9.67 Å². The number of carbonyl (C=O) groups excluding carboxylic acids is 1. The van der Waals surface area contributed by atoms with Crippen molar-refractivity contribution in [2.24, 2.45) is 0 Å². The van der Waals surface area contributed by atoms with Crippen molar-refractivity contribution >= 4 is 11.7 Å². The topological polar surface area (TPSA) is 97.9 Å². The molecule has 1 aliphatic rings. The van der Waals surface area contributed by atoms with E-state index in [1.54, 1.807) is 13.0 Å². The third-order valence-corrected chi connectivity index (χ3v) is 3.90. The summed E-state index contributed by atoms with van der Waals surface area (Å²) in [6.45, 7) is 5.28. The molecule has 2 aromatic rings. The number of nitrogens with zero attached hydrogens (tertiary/aromatic N) is 4. The summed E-state index contributed by atoms with van der Waals surface area (Å²) in [7, 11) is 0. The zero-order valence-electron chi connectivity index (χ0n) is 13.5. The van der Waals surface area contributed by atoms with Gasteiger partial charge in [0.25, 0.3) is 0 Å². The number of hydrogen-bond donors (Lipinski definition) is 2. The van der Waals surface area contributed by atoms with Crippen molar-refractivity contribution in [3.63, 3.8) is 0 Å². The van der Waals surface area contributed by atoms with E-state index < -0.39 is 0 Å². The number of aryl methyl sites for hydroxylation is 3. The molecule has 0 bridgehead atoms. The molecular formula is C15H22N6O2. The highest BCUT2D eigenvalue weighted by molar-refractivity contribution is 5.89. The number of aromatic nitrogens is 4. The smallest absolute Gasteiger partial charge is 0.226 e. The first-order valence-corrected chi connectivity index (χ1v) is 8.03. The SMILES string of the molecule is CCc1nc2n(n1)C[C@H](NCCC(=O)Nc1cc(C)on1)CC2. The summed E-state index contributed by atoms with van der Waals surface area (Å²) in [5.41, 5.74) is 0. The van der Waals surface area contributed by atoms with Crippen LogP contribution in [0.15, 0.2) is 10.6 Å². The molecule has 0 unspecified atom stereocenters. The van der Waals surface area contributed by atoms with Crippen LogP contribution in [0, 0.1) is 6.92 Å². The second-order valence-corrected chi connectivity index (χ2v) is 5.79. The molecule has 8 heteroatoms. The van der Waals surface area contributed by atoms with E-state index in [4.69, 9.17) is 4.52 Å². The molecule has 2 aromatic heterocycles. The Hall–Kier alpha value is -2.22. The molecule has 0 radical (unpaired) electrons. The molecule has 0 aromatic carbocycles. The van der Waals surface area contributed by atoms with E-state index in [2.05, 4.69) is 32.8 Å². The van der Waals surface area contributed by atoms with Crippen molar-refractivity contribution in [3.8, 4) is 0 Å². The third-order valence-electron chi connectivity index (χ3n) is 3.90. The van der Waals surface area contributed by atoms with Crippen LogP contribution in [0.2, 0.25) is 0 Å². The van der Waals surface area contributed by atoms with Crippen molar-refractivity contribution < 1.29 is 9.32 Å². The van der Waals surface area contributed by atoms with Crippen molar-refractivity contribution in [1.82, 2.24) is 25.2 Å². The lowest BCUT2D eigenvalue weighted by molar-refractivity contribution is -0.116. The van der Waals surface area contributed by atoms with Crippen LogP contribution in [-0.4, -0.2) is 38.4 Å². The van der Waals surface area contributed by atoms with Gasteiger partial charge < -0.3 is 15.2 Å². The maximum absolute atomic E-state index is 11.8. The first kappa shape index (κ1) is 15.7. The van der Waals surface area contributed by atoms with Gasteiger partial charge in [0.2, 0.25) is 5.91 Å². The molecule has 0 saturated carbocycles. The van der Waals surface area contributed by atoms with Gasteiger partial charge in [-0.2, -0.15) is 5.10 Å². The summed E-state index contributed by atoms with van der Waals surface area (Å²) >= 11 is 0. The van der Waals surface area contributed by atoms with Gasteiger partial charge >= 0.3 is 0 Å². The molecule has 1 amide bonds. The van der Waals surface area contributed by atoms with E-state index in [0.717, 1.165) is 37.5 Å². The predicted octanol–water partition coefficient (Wildman–Crippen LogP) is 1.07. The number of rotatable bonds is 6. The van der Waals surface area contributed by atoms with Gasteiger partial charge in [0.15, 0.2) is 11.6 Å². The van der Waals surface area contributed by atoms with Crippen LogP contribution >= 0.6 is 0 Å². The lowest BCUT2D eigenvalue weighted by atomic mass is 10.1. The highest BCUT2D eigenvalue weighted by Crippen LogP contribution is 2.13. The zero-order valence-corrected chi connectivity index (χ0v) is 13.5. The van der Waals surface area contributed by atoms with Gasteiger partial charge in [-0.05, 0) is 13.3 Å². The molecule has 124 valence electrons. The molecule has 0 fully saturated rings. The van der Waals surface area contributed by atoms with Crippen LogP contribution in [0.5, 0.6) is 0 Å². The van der Waals surface area contributed by atoms with Crippen LogP contribution < -0.4 is 10.6 Å². The first-order valence-electron chi connectivity index (χ1n) is 8.03. The summed E-state index contributed by atoms with van der Waals surface area (Å²) in [4.78, 5) is 16.3. The van der Waals surface area contributed by atoms with Crippen molar-refractivity contribution in [3.05, 3.63) is 23.5 Å². The van der Waals surface area contributed by atoms with Crippen molar-refractivity contribution in [1.29, 1.82) is 0 Å². The maximum Gasteiger partial charge on any atom is 0.226 e. The Morgan fingerprint density at radius 3 is 3.13 bits per heavy atom. The monoisotopic (exact) mass is 318 g/mol. The van der Waals surface area contributed by atoms with E-state index >= 15 is 0 Å². The first-order chi connectivity index (χ1) is 11.1. The normalized spacial score (nSPS) is 17.0. The highest BCUT2D eigenvalue weighted by atomic mass is 16.5. The lowest BCUT2D eigenvalue weighted by Crippen LogP contribution is -2.39. The summed E-state index contributed by atoms with van der Waals surface area (Å²) in [6, 6.07) is 2.03. The van der Waals surface area contributed by atoms with E-state index in [1.807, 2.05) is 4.68 Å². The van der Waals surface area contributed by atoms with Crippen LogP contribution in [0.25, 0.3) is 0 Å². The lowest BCUT2D eigenvalue weighted by Gasteiger charge is -2.23. The standard InChI is InChI=1S/C15H22N6O2/c1-3-12-17-14-5-4-11(9-21(14)19-12)16-7-6-15(22)18-13-8-10(2)23-20-13/h8,11,16H,3-7,9H2,1-2H3,(H,18,20,22)/t11-/m1/s1. The predicted molar refractivity (Wildman–Crippen MR) is 84.0 cm³/mol. The minimum absolute atomic E-state index is 0.0728. The Labute approximate surface area is 134 Å². The average Bonchev–Trinajstić information content (AvgIpc) is 3.12. The molecule has 1 aliphatic heterocycles. The molecule has 23 heavy (non-hydrogen) atoms. The molecular weight excluding hydrogens is 296 g/mol. The number of hydrogen-bond acceptors (Lipinski definition) is 6. The molecule has 1 atom stereocenters. The Morgan fingerprint density at radius 2 is 2.39 bits per heavy atom. The van der Waals surface area contributed by atoms with Crippen molar-refractivity contribution in [2.45, 2.75) is 52.1 Å². The Morgan fingerprint density at radius 1 is 1.52 bits per heavy atom. The average molecular weight is 318 g/mol. The summed E-state index contributed by atoms with van der Waals surface area (Å²) in [6.07, 6.45) is 3.20. The van der Waals surface area contributed by atoms with Gasteiger partial charge in [0.1, 0.15) is 11.6 Å². The van der Waals surface area contributed by atoms with E-state index in [1.165, 1.54) is 0 Å². The van der Waals surface area contributed by atoms with E-state index in [0.29, 0.717) is 30.6 Å². The molecule has 0 aliphatic carbocycles. The second kappa shape index (κ2) is 6.91.